The minimum Gasteiger partial charge on any atom is -0.308 e. The molecule has 4 heteroatoms. The fraction of sp³-hybridized carbons (Fsp3) is 0. The number of benzene rings is 2. The fourth-order valence-electron chi connectivity index (χ4n) is 2.09. The zero-order valence-corrected chi connectivity index (χ0v) is 10.9. The first kappa shape index (κ1) is 12.0. The van der Waals surface area contributed by atoms with Crippen molar-refractivity contribution in [3.63, 3.8) is 0 Å². The molecule has 0 bridgehead atoms. The van der Waals surface area contributed by atoms with Crippen LogP contribution in [0.5, 0.6) is 0 Å². The maximum atomic E-state index is 5.98. The Kier molecular flexibility index (Phi) is 3.07. The lowest BCUT2D eigenvalue weighted by Crippen LogP contribution is -2.10. The number of nitrogens with two attached hydrogens (primary N) is 1. The highest BCUT2D eigenvalue weighted by atomic mass is 35.5. The topological polar surface area (TPSA) is 50.9 Å². The zero-order valence-electron chi connectivity index (χ0n) is 10.1. The predicted octanol–water partition coefficient (Wildman–Crippen LogP) is 3.84. The van der Waals surface area contributed by atoms with E-state index in [-0.39, 0.29) is 0 Å². The lowest BCUT2D eigenvalue weighted by Gasteiger charge is -2.10. The van der Waals surface area contributed by atoms with Crippen molar-refractivity contribution in [2.24, 2.45) is 5.84 Å². The molecule has 0 saturated carbocycles. The van der Waals surface area contributed by atoms with E-state index in [1.807, 2.05) is 48.5 Å². The number of fused-ring (bicyclic) bond motifs is 1. The summed E-state index contributed by atoms with van der Waals surface area (Å²) in [6.07, 6.45) is 0. The van der Waals surface area contributed by atoms with Gasteiger partial charge in [0.05, 0.1) is 5.52 Å². The van der Waals surface area contributed by atoms with E-state index in [1.54, 1.807) is 0 Å². The van der Waals surface area contributed by atoms with Crippen LogP contribution in [-0.4, -0.2) is 4.98 Å². The van der Waals surface area contributed by atoms with E-state index >= 15 is 0 Å². The molecule has 0 aliphatic carbocycles. The molecule has 3 N–H and O–H groups in total. The molecule has 0 fully saturated rings. The predicted molar refractivity (Wildman–Crippen MR) is 80.0 cm³/mol. The molecule has 0 aliphatic heterocycles. The molecule has 3 nitrogen and oxygen atoms in total. The highest BCUT2D eigenvalue weighted by Crippen LogP contribution is 2.30. The number of anilines is 1. The Balaban J connectivity index is 2.27. The van der Waals surface area contributed by atoms with Crippen LogP contribution >= 0.6 is 11.6 Å². The van der Waals surface area contributed by atoms with Crippen molar-refractivity contribution in [3.05, 3.63) is 59.6 Å². The minimum absolute atomic E-state index is 0.640. The van der Waals surface area contributed by atoms with Gasteiger partial charge in [0.25, 0.3) is 0 Å². The number of hydrogen-bond donors (Lipinski definition) is 2. The van der Waals surface area contributed by atoms with Gasteiger partial charge in [0.2, 0.25) is 0 Å². The highest BCUT2D eigenvalue weighted by molar-refractivity contribution is 6.31. The van der Waals surface area contributed by atoms with Gasteiger partial charge >= 0.3 is 0 Å². The molecule has 19 heavy (non-hydrogen) atoms. The Morgan fingerprint density at radius 2 is 1.79 bits per heavy atom. The van der Waals surface area contributed by atoms with Gasteiger partial charge in [0.15, 0.2) is 0 Å². The molecule has 1 heterocycles. The number of hydrazine groups is 1. The van der Waals surface area contributed by atoms with Crippen LogP contribution in [-0.2, 0) is 0 Å². The van der Waals surface area contributed by atoms with Crippen LogP contribution in [0.4, 0.5) is 5.82 Å². The summed E-state index contributed by atoms with van der Waals surface area (Å²) in [6, 6.07) is 17.7. The SMILES string of the molecule is NNc1nc2cc(Cl)ccc2cc1-c1ccccc1. The molecule has 2 aromatic carbocycles. The van der Waals surface area contributed by atoms with Gasteiger partial charge in [-0.2, -0.15) is 0 Å². The van der Waals surface area contributed by atoms with Crippen molar-refractivity contribution < 1.29 is 0 Å². The summed E-state index contributed by atoms with van der Waals surface area (Å²) in [5.74, 6) is 6.21. The van der Waals surface area contributed by atoms with E-state index in [2.05, 4.69) is 16.5 Å². The molecule has 0 unspecified atom stereocenters. The number of nitrogens with zero attached hydrogens (tertiary/aromatic N) is 1. The number of nitrogens with one attached hydrogen (secondary N) is 1. The van der Waals surface area contributed by atoms with E-state index < -0.39 is 0 Å². The summed E-state index contributed by atoms with van der Waals surface area (Å²) in [4.78, 5) is 4.51. The Bertz CT molecular complexity index is 726. The smallest absolute Gasteiger partial charge is 0.148 e. The first-order chi connectivity index (χ1) is 9.28. The second-order valence-corrected chi connectivity index (χ2v) is 4.67. The van der Waals surface area contributed by atoms with Crippen LogP contribution in [0.1, 0.15) is 0 Å². The largest absolute Gasteiger partial charge is 0.308 e. The Labute approximate surface area is 116 Å². The third kappa shape index (κ3) is 2.26. The summed E-state index contributed by atoms with van der Waals surface area (Å²) < 4.78 is 0. The van der Waals surface area contributed by atoms with E-state index in [1.165, 1.54) is 0 Å². The number of rotatable bonds is 2. The minimum atomic E-state index is 0.640. The van der Waals surface area contributed by atoms with Gasteiger partial charge in [0.1, 0.15) is 5.82 Å². The number of halogens is 1. The summed E-state index contributed by atoms with van der Waals surface area (Å²) in [5, 5.41) is 1.69. The first-order valence-corrected chi connectivity index (χ1v) is 6.28. The third-order valence-corrected chi connectivity index (χ3v) is 3.24. The zero-order chi connectivity index (χ0) is 13.2. The molecule has 0 amide bonds. The van der Waals surface area contributed by atoms with Crippen LogP contribution in [0.3, 0.4) is 0 Å². The Morgan fingerprint density at radius 1 is 1.00 bits per heavy atom. The van der Waals surface area contributed by atoms with Crippen LogP contribution in [0.25, 0.3) is 22.0 Å². The molecule has 94 valence electrons. The van der Waals surface area contributed by atoms with Gasteiger partial charge in [0, 0.05) is 16.0 Å². The molecule has 0 spiro atoms. The lowest BCUT2D eigenvalue weighted by atomic mass is 10.0. The molecule has 3 aromatic rings. The third-order valence-electron chi connectivity index (χ3n) is 3.00. The molecular weight excluding hydrogens is 258 g/mol. The Morgan fingerprint density at radius 3 is 2.53 bits per heavy atom. The second-order valence-electron chi connectivity index (χ2n) is 4.23. The average Bonchev–Trinajstić information content (AvgIpc) is 2.46. The van der Waals surface area contributed by atoms with E-state index in [9.17, 15) is 0 Å². The first-order valence-electron chi connectivity index (χ1n) is 5.90. The van der Waals surface area contributed by atoms with Crippen LogP contribution in [0.2, 0.25) is 5.02 Å². The summed E-state index contributed by atoms with van der Waals surface area (Å²) in [6.45, 7) is 0. The average molecular weight is 270 g/mol. The van der Waals surface area contributed by atoms with Crippen LogP contribution in [0.15, 0.2) is 54.6 Å². The monoisotopic (exact) mass is 269 g/mol. The van der Waals surface area contributed by atoms with Crippen molar-refractivity contribution in [1.29, 1.82) is 0 Å². The van der Waals surface area contributed by atoms with Gasteiger partial charge < -0.3 is 5.43 Å². The molecule has 0 saturated heterocycles. The van der Waals surface area contributed by atoms with Crippen molar-refractivity contribution in [3.8, 4) is 11.1 Å². The number of nitrogen functional groups attached to an aromatic ring is 1. The molecule has 0 radical (unpaired) electrons. The van der Waals surface area contributed by atoms with Gasteiger partial charge in [-0.15, -0.1) is 0 Å². The molecule has 3 rings (SSSR count). The van der Waals surface area contributed by atoms with Crippen molar-refractivity contribution >= 4 is 28.3 Å². The summed E-state index contributed by atoms with van der Waals surface area (Å²) in [5.41, 5.74) is 5.51. The van der Waals surface area contributed by atoms with Gasteiger partial charge in [-0.1, -0.05) is 48.0 Å². The molecular formula is C15H12ClN3. The maximum absolute atomic E-state index is 5.98. The second kappa shape index (κ2) is 4.88. The standard InChI is InChI=1S/C15H12ClN3/c16-12-7-6-11-8-13(10-4-2-1-3-5-10)15(19-17)18-14(11)9-12/h1-9H,17H2,(H,18,19). The van der Waals surface area contributed by atoms with Gasteiger partial charge in [-0.25, -0.2) is 10.8 Å². The van der Waals surface area contributed by atoms with E-state index in [0.717, 1.165) is 22.0 Å². The lowest BCUT2D eigenvalue weighted by molar-refractivity contribution is 1.26. The summed E-state index contributed by atoms with van der Waals surface area (Å²) in [7, 11) is 0. The van der Waals surface area contributed by atoms with Crippen LogP contribution in [0, 0.1) is 0 Å². The van der Waals surface area contributed by atoms with Gasteiger partial charge in [-0.05, 0) is 23.8 Å². The normalized spacial score (nSPS) is 10.6. The van der Waals surface area contributed by atoms with Crippen LogP contribution < -0.4 is 11.3 Å². The summed E-state index contributed by atoms with van der Waals surface area (Å²) >= 11 is 5.98. The van der Waals surface area contributed by atoms with Crippen molar-refractivity contribution in [1.82, 2.24) is 4.98 Å². The maximum Gasteiger partial charge on any atom is 0.148 e. The quantitative estimate of drug-likeness (QED) is 0.549. The van der Waals surface area contributed by atoms with Gasteiger partial charge in [-0.3, -0.25) is 0 Å². The van der Waals surface area contributed by atoms with E-state index in [4.69, 9.17) is 17.4 Å². The molecule has 1 aromatic heterocycles. The van der Waals surface area contributed by atoms with Crippen molar-refractivity contribution in [2.75, 3.05) is 5.43 Å². The number of pyridine rings is 1. The Hall–Kier alpha value is -2.10. The number of hydrogen-bond acceptors (Lipinski definition) is 3. The van der Waals surface area contributed by atoms with E-state index in [0.29, 0.717) is 10.8 Å². The van der Waals surface area contributed by atoms with Crippen molar-refractivity contribution in [2.45, 2.75) is 0 Å². The molecule has 0 atom stereocenters. The highest BCUT2D eigenvalue weighted by Gasteiger charge is 2.08. The fourth-order valence-corrected chi connectivity index (χ4v) is 2.25. The molecule has 0 aliphatic rings. The number of aromatic nitrogens is 1.